The third-order valence-electron chi connectivity index (χ3n) is 2.69. The second kappa shape index (κ2) is 5.28. The zero-order valence-corrected chi connectivity index (χ0v) is 9.16. The smallest absolute Gasteiger partial charge is 0.150 e. The summed E-state index contributed by atoms with van der Waals surface area (Å²) in [6.07, 6.45) is 3.42. The number of ether oxygens (including phenoxy) is 1. The van der Waals surface area contributed by atoms with Gasteiger partial charge in [0.15, 0.2) is 5.76 Å². The Hall–Kier alpha value is -0.870. The van der Waals surface area contributed by atoms with Crippen molar-refractivity contribution in [1.29, 1.82) is 0 Å². The van der Waals surface area contributed by atoms with E-state index >= 15 is 0 Å². The molecule has 4 nitrogen and oxygen atoms in total. The van der Waals surface area contributed by atoms with Crippen LogP contribution in [0.2, 0.25) is 0 Å². The third-order valence-corrected chi connectivity index (χ3v) is 2.69. The lowest BCUT2D eigenvalue weighted by atomic mass is 10.1. The van der Waals surface area contributed by atoms with E-state index < -0.39 is 0 Å². The fourth-order valence-corrected chi connectivity index (χ4v) is 1.85. The molecule has 1 saturated heterocycles. The normalized spacial score (nSPS) is 22.6. The molecule has 1 aromatic rings. The third kappa shape index (κ3) is 3.32. The van der Waals surface area contributed by atoms with E-state index in [1.165, 1.54) is 6.42 Å². The summed E-state index contributed by atoms with van der Waals surface area (Å²) in [4.78, 5) is 0. The number of rotatable bonds is 3. The van der Waals surface area contributed by atoms with Crippen molar-refractivity contribution in [3.05, 3.63) is 17.5 Å². The van der Waals surface area contributed by atoms with Crippen molar-refractivity contribution in [2.75, 3.05) is 13.2 Å². The first-order valence-electron chi connectivity index (χ1n) is 5.58. The zero-order chi connectivity index (χ0) is 10.5. The minimum absolute atomic E-state index is 0.554. The van der Waals surface area contributed by atoms with E-state index in [-0.39, 0.29) is 0 Å². The van der Waals surface area contributed by atoms with Gasteiger partial charge in [-0.15, -0.1) is 0 Å². The first-order chi connectivity index (χ1) is 7.34. The number of hydrogen-bond acceptors (Lipinski definition) is 4. The fourth-order valence-electron chi connectivity index (χ4n) is 1.85. The fraction of sp³-hybridized carbons (Fsp3) is 0.727. The van der Waals surface area contributed by atoms with Crippen molar-refractivity contribution >= 4 is 0 Å². The molecule has 0 saturated carbocycles. The van der Waals surface area contributed by atoms with Crippen molar-refractivity contribution < 1.29 is 9.26 Å². The Kier molecular flexibility index (Phi) is 3.75. The van der Waals surface area contributed by atoms with Gasteiger partial charge in [0.25, 0.3) is 0 Å². The molecule has 15 heavy (non-hydrogen) atoms. The molecule has 1 atom stereocenters. The highest BCUT2D eigenvalue weighted by Crippen LogP contribution is 2.09. The van der Waals surface area contributed by atoms with E-state index in [1.54, 1.807) is 0 Å². The van der Waals surface area contributed by atoms with Crippen LogP contribution in [0.15, 0.2) is 10.6 Å². The second-order valence-corrected chi connectivity index (χ2v) is 4.06. The predicted molar refractivity (Wildman–Crippen MR) is 56.5 cm³/mol. The Morgan fingerprint density at radius 3 is 3.20 bits per heavy atom. The van der Waals surface area contributed by atoms with Crippen molar-refractivity contribution in [3.63, 3.8) is 0 Å². The number of aryl methyl sites for hydroxylation is 1. The summed E-state index contributed by atoms with van der Waals surface area (Å²) in [7, 11) is 0. The van der Waals surface area contributed by atoms with Crippen LogP contribution < -0.4 is 5.32 Å². The van der Waals surface area contributed by atoms with Gasteiger partial charge in [-0.2, -0.15) is 0 Å². The number of aromatic nitrogens is 1. The van der Waals surface area contributed by atoms with Gasteiger partial charge in [0.2, 0.25) is 0 Å². The second-order valence-electron chi connectivity index (χ2n) is 4.06. The Balaban J connectivity index is 1.76. The van der Waals surface area contributed by atoms with Gasteiger partial charge in [-0.05, 0) is 26.2 Å². The van der Waals surface area contributed by atoms with E-state index in [1.807, 2.05) is 13.0 Å². The van der Waals surface area contributed by atoms with Gasteiger partial charge in [0.05, 0.1) is 12.2 Å². The average molecular weight is 210 g/mol. The summed E-state index contributed by atoms with van der Waals surface area (Å²) in [6, 6.07) is 2.53. The van der Waals surface area contributed by atoms with Crippen LogP contribution in [0.5, 0.6) is 0 Å². The SMILES string of the molecule is Cc1cc(CNC2CCCOCC2)on1. The van der Waals surface area contributed by atoms with E-state index in [0.29, 0.717) is 6.04 Å². The van der Waals surface area contributed by atoms with Crippen LogP contribution in [0, 0.1) is 6.92 Å². The monoisotopic (exact) mass is 210 g/mol. The molecule has 2 rings (SSSR count). The Bertz CT molecular complexity index is 291. The molecule has 1 aliphatic rings. The summed E-state index contributed by atoms with van der Waals surface area (Å²) in [6.45, 7) is 4.48. The molecule has 84 valence electrons. The molecule has 0 aliphatic carbocycles. The molecule has 0 radical (unpaired) electrons. The molecular weight excluding hydrogens is 192 g/mol. The average Bonchev–Trinajstić information content (AvgIpc) is 2.52. The standard InChI is InChI=1S/C11H18N2O2/c1-9-7-11(15-13-9)8-12-10-3-2-5-14-6-4-10/h7,10,12H,2-6,8H2,1H3. The van der Waals surface area contributed by atoms with Gasteiger partial charge in [0, 0.05) is 25.3 Å². The minimum Gasteiger partial charge on any atom is -0.381 e. The van der Waals surface area contributed by atoms with Gasteiger partial charge in [0.1, 0.15) is 0 Å². The van der Waals surface area contributed by atoms with Crippen LogP contribution in [0.4, 0.5) is 0 Å². The Morgan fingerprint density at radius 2 is 2.40 bits per heavy atom. The Morgan fingerprint density at radius 1 is 1.47 bits per heavy atom. The molecule has 1 N–H and O–H groups in total. The van der Waals surface area contributed by atoms with Crippen LogP contribution in [-0.2, 0) is 11.3 Å². The first kappa shape index (κ1) is 10.6. The largest absolute Gasteiger partial charge is 0.381 e. The number of nitrogens with one attached hydrogen (secondary N) is 1. The maximum Gasteiger partial charge on any atom is 0.150 e. The first-order valence-corrected chi connectivity index (χ1v) is 5.58. The maximum atomic E-state index is 5.41. The predicted octanol–water partition coefficient (Wildman–Crippen LogP) is 1.64. The van der Waals surface area contributed by atoms with Gasteiger partial charge >= 0.3 is 0 Å². The topological polar surface area (TPSA) is 47.3 Å². The number of nitrogens with zero attached hydrogens (tertiary/aromatic N) is 1. The highest BCUT2D eigenvalue weighted by atomic mass is 16.5. The summed E-state index contributed by atoms with van der Waals surface area (Å²) < 4.78 is 10.5. The van der Waals surface area contributed by atoms with Crippen LogP contribution >= 0.6 is 0 Å². The van der Waals surface area contributed by atoms with Crippen LogP contribution in [0.1, 0.15) is 30.7 Å². The van der Waals surface area contributed by atoms with Crippen molar-refractivity contribution in [1.82, 2.24) is 10.5 Å². The molecule has 0 bridgehead atoms. The van der Waals surface area contributed by atoms with E-state index in [2.05, 4.69) is 10.5 Å². The van der Waals surface area contributed by atoms with Crippen molar-refractivity contribution in [3.8, 4) is 0 Å². The van der Waals surface area contributed by atoms with Crippen LogP contribution in [0.3, 0.4) is 0 Å². The molecule has 1 unspecified atom stereocenters. The van der Waals surface area contributed by atoms with Gasteiger partial charge in [-0.25, -0.2) is 0 Å². The molecule has 1 aromatic heterocycles. The number of hydrogen-bond donors (Lipinski definition) is 1. The lowest BCUT2D eigenvalue weighted by Gasteiger charge is -2.13. The molecule has 1 aliphatic heterocycles. The molecular formula is C11H18N2O2. The summed E-state index contributed by atoms with van der Waals surface area (Å²) >= 11 is 0. The van der Waals surface area contributed by atoms with Crippen LogP contribution in [0.25, 0.3) is 0 Å². The summed E-state index contributed by atoms with van der Waals surface area (Å²) in [5, 5.41) is 7.34. The van der Waals surface area contributed by atoms with Crippen molar-refractivity contribution in [2.24, 2.45) is 0 Å². The molecule has 0 aromatic carbocycles. The Labute approximate surface area is 90.0 Å². The molecule has 1 fully saturated rings. The summed E-state index contributed by atoms with van der Waals surface area (Å²) in [5.41, 5.74) is 0.941. The van der Waals surface area contributed by atoms with Crippen LogP contribution in [-0.4, -0.2) is 24.4 Å². The lowest BCUT2D eigenvalue weighted by molar-refractivity contribution is 0.142. The van der Waals surface area contributed by atoms with Crippen molar-refractivity contribution in [2.45, 2.75) is 38.8 Å². The highest BCUT2D eigenvalue weighted by molar-refractivity contribution is 5.02. The van der Waals surface area contributed by atoms with Gasteiger partial charge in [-0.1, -0.05) is 5.16 Å². The van der Waals surface area contributed by atoms with Gasteiger partial charge in [-0.3, -0.25) is 0 Å². The van der Waals surface area contributed by atoms with E-state index in [0.717, 1.165) is 44.1 Å². The highest BCUT2D eigenvalue weighted by Gasteiger charge is 2.12. The molecule has 4 heteroatoms. The molecule has 2 heterocycles. The summed E-state index contributed by atoms with van der Waals surface area (Å²) in [5.74, 6) is 0.915. The lowest BCUT2D eigenvalue weighted by Crippen LogP contribution is -2.28. The maximum absolute atomic E-state index is 5.41. The van der Waals surface area contributed by atoms with E-state index in [4.69, 9.17) is 9.26 Å². The van der Waals surface area contributed by atoms with E-state index in [9.17, 15) is 0 Å². The molecule has 0 spiro atoms. The quantitative estimate of drug-likeness (QED) is 0.824. The van der Waals surface area contributed by atoms with Gasteiger partial charge < -0.3 is 14.6 Å². The minimum atomic E-state index is 0.554. The molecule has 0 amide bonds. The zero-order valence-electron chi connectivity index (χ0n) is 9.16.